The lowest BCUT2D eigenvalue weighted by Crippen LogP contribution is -2.60. The summed E-state index contributed by atoms with van der Waals surface area (Å²) in [7, 11) is 0. The number of aliphatic hydroxyl groups is 2. The third-order valence-electron chi connectivity index (χ3n) is 9.12. The summed E-state index contributed by atoms with van der Waals surface area (Å²) in [5, 5.41) is 21.2. The number of aliphatic hydroxyl groups excluding tert-OH is 2. The molecular weight excluding hydrogens is 432 g/mol. The molecule has 6 heteroatoms. The highest BCUT2D eigenvalue weighted by molar-refractivity contribution is 5.66. The molecule has 34 heavy (non-hydrogen) atoms. The van der Waals surface area contributed by atoms with Gasteiger partial charge in [-0.3, -0.25) is 4.79 Å². The molecule has 9 atom stereocenters. The lowest BCUT2D eigenvalue weighted by Gasteiger charge is -2.57. The molecule has 2 fully saturated rings. The average Bonchev–Trinajstić information content (AvgIpc) is 2.73. The number of hydrogen-bond donors (Lipinski definition) is 2. The Bertz CT molecular complexity index is 790. The summed E-state index contributed by atoms with van der Waals surface area (Å²) in [6, 6.07) is 0. The van der Waals surface area contributed by atoms with Gasteiger partial charge in [0.05, 0.1) is 11.7 Å². The van der Waals surface area contributed by atoms with Crippen LogP contribution < -0.4 is 0 Å². The molecule has 3 aliphatic rings. The number of ether oxygens (including phenoxy) is 3. The molecular formula is C28H46O6. The Labute approximate surface area is 205 Å². The second-order valence-electron chi connectivity index (χ2n) is 12.1. The molecule has 0 bridgehead atoms. The first-order valence-corrected chi connectivity index (χ1v) is 12.9. The normalized spacial score (nSPS) is 41.6. The predicted molar refractivity (Wildman–Crippen MR) is 132 cm³/mol. The number of allylic oxidation sites excluding steroid dienone is 2. The summed E-state index contributed by atoms with van der Waals surface area (Å²) < 4.78 is 17.3. The van der Waals surface area contributed by atoms with Gasteiger partial charge in [-0.15, -0.1) is 6.58 Å². The molecule has 194 valence electrons. The zero-order valence-electron chi connectivity index (χ0n) is 22.2. The molecule has 0 spiro atoms. The van der Waals surface area contributed by atoms with Crippen molar-refractivity contribution in [1.82, 2.24) is 0 Å². The molecule has 6 nitrogen and oxygen atoms in total. The molecule has 1 aliphatic heterocycles. The minimum Gasteiger partial charge on any atom is -0.457 e. The van der Waals surface area contributed by atoms with E-state index in [0.717, 1.165) is 19.3 Å². The third-order valence-corrected chi connectivity index (χ3v) is 9.12. The van der Waals surface area contributed by atoms with Crippen molar-refractivity contribution < 1.29 is 29.2 Å². The van der Waals surface area contributed by atoms with Crippen LogP contribution in [0.4, 0.5) is 0 Å². The van der Waals surface area contributed by atoms with Crippen molar-refractivity contribution in [2.24, 2.45) is 22.7 Å². The maximum Gasteiger partial charge on any atom is 0.303 e. The fourth-order valence-corrected chi connectivity index (χ4v) is 7.06. The van der Waals surface area contributed by atoms with E-state index in [9.17, 15) is 15.0 Å². The quantitative estimate of drug-likeness (QED) is 0.399. The predicted octanol–water partition coefficient (Wildman–Crippen LogP) is 4.93. The van der Waals surface area contributed by atoms with Gasteiger partial charge in [-0.2, -0.15) is 0 Å². The van der Waals surface area contributed by atoms with Crippen LogP contribution in [0.25, 0.3) is 0 Å². The van der Waals surface area contributed by atoms with Crippen molar-refractivity contribution in [1.29, 1.82) is 0 Å². The molecule has 0 unspecified atom stereocenters. The Morgan fingerprint density at radius 2 is 1.97 bits per heavy atom. The summed E-state index contributed by atoms with van der Waals surface area (Å²) >= 11 is 0. The maximum atomic E-state index is 11.4. The first-order chi connectivity index (χ1) is 15.7. The van der Waals surface area contributed by atoms with Crippen molar-refractivity contribution >= 4 is 5.97 Å². The lowest BCUT2D eigenvalue weighted by atomic mass is 9.48. The van der Waals surface area contributed by atoms with Gasteiger partial charge in [0.1, 0.15) is 12.2 Å². The van der Waals surface area contributed by atoms with Gasteiger partial charge in [0.15, 0.2) is 12.4 Å². The Morgan fingerprint density at radius 3 is 2.59 bits per heavy atom. The van der Waals surface area contributed by atoms with E-state index in [1.807, 2.05) is 6.92 Å². The Kier molecular flexibility index (Phi) is 8.08. The number of rotatable bonds is 7. The van der Waals surface area contributed by atoms with Crippen LogP contribution >= 0.6 is 0 Å². The number of fused-ring (bicyclic) bond motifs is 1. The molecule has 3 rings (SSSR count). The van der Waals surface area contributed by atoms with Crippen LogP contribution in [0.3, 0.4) is 0 Å². The molecule has 0 aromatic rings. The molecule has 0 amide bonds. The van der Waals surface area contributed by atoms with E-state index < -0.39 is 42.3 Å². The molecule has 2 aliphatic carbocycles. The second-order valence-corrected chi connectivity index (χ2v) is 12.1. The van der Waals surface area contributed by atoms with Gasteiger partial charge in [0.25, 0.3) is 0 Å². The zero-order chi connectivity index (χ0) is 25.5. The molecule has 0 aromatic carbocycles. The van der Waals surface area contributed by atoms with Gasteiger partial charge in [-0.05, 0) is 75.5 Å². The average molecular weight is 479 g/mol. The van der Waals surface area contributed by atoms with Crippen LogP contribution in [0.1, 0.15) is 87.0 Å². The molecule has 0 aromatic heterocycles. The lowest BCUT2D eigenvalue weighted by molar-refractivity contribution is -0.314. The number of carbonyl (C=O) groups is 1. The topological polar surface area (TPSA) is 85.2 Å². The maximum absolute atomic E-state index is 11.4. The van der Waals surface area contributed by atoms with Crippen molar-refractivity contribution in [3.63, 3.8) is 0 Å². The summed E-state index contributed by atoms with van der Waals surface area (Å²) in [6.07, 6.45) is 5.60. The van der Waals surface area contributed by atoms with Crippen LogP contribution in [0.5, 0.6) is 0 Å². The van der Waals surface area contributed by atoms with Crippen LogP contribution in [0, 0.1) is 22.7 Å². The van der Waals surface area contributed by atoms with Gasteiger partial charge in [0, 0.05) is 6.92 Å². The fourth-order valence-electron chi connectivity index (χ4n) is 7.06. The van der Waals surface area contributed by atoms with E-state index in [4.69, 9.17) is 14.2 Å². The van der Waals surface area contributed by atoms with E-state index in [0.29, 0.717) is 17.3 Å². The SMILES string of the molecule is C=C[C@@](C)(CC[C@H]1C(C)=CC[C@H]2C(C)(C)CCC[C@]12C)O[C@@H]1O[C@@H](C)[C@@H](OC(C)=O)[C@H](O)[C@H]1O. The Hall–Kier alpha value is -1.21. The third kappa shape index (κ3) is 5.30. The standard InChI is InChI=1S/C28H46O6/c1-9-27(7,34-25-23(31)22(30)24(18(3)32-25)33-19(4)29)16-13-20-17(2)11-12-21-26(5,6)14-10-15-28(20,21)8/h9,11,18,20-25,30-31H,1,10,12-16H2,2-8H3/t18-,20-,21-,22+,23+,24+,25-,27-,28+/m0/s1. The largest absolute Gasteiger partial charge is 0.457 e. The van der Waals surface area contributed by atoms with Crippen LogP contribution in [-0.2, 0) is 19.0 Å². The summed E-state index contributed by atoms with van der Waals surface area (Å²) in [5.74, 6) is 0.593. The fraction of sp³-hybridized carbons (Fsp3) is 0.821. The highest BCUT2D eigenvalue weighted by Crippen LogP contribution is 2.60. The molecule has 1 saturated heterocycles. The molecule has 1 heterocycles. The Balaban J connectivity index is 1.72. The summed E-state index contributed by atoms with van der Waals surface area (Å²) in [4.78, 5) is 11.4. The van der Waals surface area contributed by atoms with Crippen LogP contribution in [0.15, 0.2) is 24.3 Å². The van der Waals surface area contributed by atoms with E-state index in [-0.39, 0.29) is 5.41 Å². The van der Waals surface area contributed by atoms with Crippen LogP contribution in [-0.4, -0.2) is 52.5 Å². The highest BCUT2D eigenvalue weighted by atomic mass is 16.7. The highest BCUT2D eigenvalue weighted by Gasteiger charge is 2.52. The van der Waals surface area contributed by atoms with Crippen molar-refractivity contribution in [2.75, 3.05) is 0 Å². The minimum absolute atomic E-state index is 0.255. The number of esters is 1. The van der Waals surface area contributed by atoms with Gasteiger partial charge in [0.2, 0.25) is 0 Å². The Morgan fingerprint density at radius 1 is 1.29 bits per heavy atom. The number of carbonyl (C=O) groups excluding carboxylic acids is 1. The van der Waals surface area contributed by atoms with Crippen molar-refractivity contribution in [3.8, 4) is 0 Å². The summed E-state index contributed by atoms with van der Waals surface area (Å²) in [5.41, 5.74) is 1.31. The molecule has 2 N–H and O–H groups in total. The van der Waals surface area contributed by atoms with Gasteiger partial charge in [-0.25, -0.2) is 0 Å². The van der Waals surface area contributed by atoms with Crippen molar-refractivity contribution in [2.45, 2.75) is 123 Å². The van der Waals surface area contributed by atoms with Crippen LogP contribution in [0.2, 0.25) is 0 Å². The van der Waals surface area contributed by atoms with Gasteiger partial charge >= 0.3 is 5.97 Å². The van der Waals surface area contributed by atoms with Gasteiger partial charge < -0.3 is 24.4 Å². The van der Waals surface area contributed by atoms with E-state index >= 15 is 0 Å². The molecule has 0 radical (unpaired) electrons. The van der Waals surface area contributed by atoms with Crippen molar-refractivity contribution in [3.05, 3.63) is 24.3 Å². The van der Waals surface area contributed by atoms with E-state index in [1.165, 1.54) is 31.8 Å². The monoisotopic (exact) mass is 478 g/mol. The zero-order valence-corrected chi connectivity index (χ0v) is 22.2. The smallest absolute Gasteiger partial charge is 0.303 e. The minimum atomic E-state index is -1.34. The summed E-state index contributed by atoms with van der Waals surface area (Å²) in [6.45, 7) is 18.5. The first kappa shape index (κ1) is 27.4. The second kappa shape index (κ2) is 10.0. The first-order valence-electron chi connectivity index (χ1n) is 12.9. The van der Waals surface area contributed by atoms with E-state index in [2.05, 4.69) is 40.3 Å². The van der Waals surface area contributed by atoms with E-state index in [1.54, 1.807) is 13.0 Å². The molecule has 1 saturated carbocycles. The number of hydrogen-bond acceptors (Lipinski definition) is 6. The van der Waals surface area contributed by atoms with Gasteiger partial charge in [-0.1, -0.05) is 44.9 Å².